The van der Waals surface area contributed by atoms with Gasteiger partial charge in [-0.1, -0.05) is 83.9 Å². The third-order valence-corrected chi connectivity index (χ3v) is 8.95. The number of thiophene rings is 1. The van der Waals surface area contributed by atoms with Gasteiger partial charge in [0.05, 0.1) is 37.9 Å². The quantitative estimate of drug-likeness (QED) is 0.218. The van der Waals surface area contributed by atoms with Gasteiger partial charge < -0.3 is 4.57 Å². The van der Waals surface area contributed by atoms with Gasteiger partial charge in [-0.05, 0) is 35.9 Å². The van der Waals surface area contributed by atoms with Gasteiger partial charge >= 0.3 is 0 Å². The van der Waals surface area contributed by atoms with E-state index in [1.54, 1.807) is 11.3 Å². The predicted molar refractivity (Wildman–Crippen MR) is 159 cm³/mol. The molecule has 2 heterocycles. The first-order chi connectivity index (χ1) is 18.6. The van der Waals surface area contributed by atoms with E-state index < -0.39 is 0 Å². The summed E-state index contributed by atoms with van der Waals surface area (Å²) in [6.07, 6.45) is 0. The van der Waals surface area contributed by atoms with Crippen molar-refractivity contribution in [2.75, 3.05) is 0 Å². The largest absolute Gasteiger partial charge is 0.307 e. The van der Waals surface area contributed by atoms with E-state index in [9.17, 15) is 10.5 Å². The molecule has 0 aliphatic heterocycles. The van der Waals surface area contributed by atoms with Gasteiger partial charge in [0.15, 0.2) is 0 Å². The molecule has 0 atom stereocenters. The fraction of sp³-hybridized carbons (Fsp3) is 0. The highest BCUT2D eigenvalue weighted by Gasteiger charge is 2.27. The van der Waals surface area contributed by atoms with Crippen molar-refractivity contribution in [2.24, 2.45) is 0 Å². The standard InChI is InChI=1S/C32H15Cl2N3S/c33-30-23(16-35)32(37-25-10-4-1-7-19(25)20-8-2-5-11-26(20)37)24(17-36)31(34)29(30)18-13-14-28-22(15-18)21-9-3-6-12-27(21)38-28/h1-15H. The monoisotopic (exact) mass is 543 g/mol. The first-order valence-electron chi connectivity index (χ1n) is 11.9. The van der Waals surface area contributed by atoms with Crippen LogP contribution in [-0.2, 0) is 0 Å². The molecule has 0 N–H and O–H groups in total. The molecule has 0 aliphatic carbocycles. The summed E-state index contributed by atoms with van der Waals surface area (Å²) < 4.78 is 4.26. The summed E-state index contributed by atoms with van der Waals surface area (Å²) in [6, 6.07) is 34.7. The van der Waals surface area contributed by atoms with Crippen LogP contribution in [0, 0.1) is 22.7 Å². The van der Waals surface area contributed by atoms with Crippen molar-refractivity contribution >= 4 is 76.5 Å². The summed E-state index contributed by atoms with van der Waals surface area (Å²) in [5.41, 5.74) is 3.81. The molecular formula is C32H15Cl2N3S. The van der Waals surface area contributed by atoms with Crippen LogP contribution in [0.3, 0.4) is 0 Å². The number of hydrogen-bond donors (Lipinski definition) is 0. The minimum atomic E-state index is 0.212. The van der Waals surface area contributed by atoms with Crippen LogP contribution in [-0.4, -0.2) is 4.57 Å². The smallest absolute Gasteiger partial charge is 0.103 e. The third-order valence-electron chi connectivity index (χ3n) is 7.04. The molecule has 0 aliphatic rings. The van der Waals surface area contributed by atoms with Crippen molar-refractivity contribution in [1.82, 2.24) is 4.57 Å². The maximum atomic E-state index is 10.4. The van der Waals surface area contributed by atoms with Crippen molar-refractivity contribution in [3.63, 3.8) is 0 Å². The van der Waals surface area contributed by atoms with Crippen LogP contribution in [0.1, 0.15) is 11.1 Å². The molecule has 0 saturated heterocycles. The van der Waals surface area contributed by atoms with Crippen LogP contribution in [0.25, 0.3) is 58.8 Å². The maximum absolute atomic E-state index is 10.4. The lowest BCUT2D eigenvalue weighted by atomic mass is 9.96. The zero-order valence-electron chi connectivity index (χ0n) is 19.7. The molecule has 0 unspecified atom stereocenters. The topological polar surface area (TPSA) is 52.5 Å². The number of hydrogen-bond acceptors (Lipinski definition) is 3. The Morgan fingerprint density at radius 3 is 1.74 bits per heavy atom. The Morgan fingerprint density at radius 1 is 0.605 bits per heavy atom. The Morgan fingerprint density at radius 2 is 1.13 bits per heavy atom. The van der Waals surface area contributed by atoms with Crippen LogP contribution in [0.2, 0.25) is 10.0 Å². The van der Waals surface area contributed by atoms with E-state index in [0.717, 1.165) is 42.8 Å². The zero-order valence-corrected chi connectivity index (χ0v) is 22.0. The van der Waals surface area contributed by atoms with E-state index in [1.165, 1.54) is 4.70 Å². The molecule has 38 heavy (non-hydrogen) atoms. The highest BCUT2D eigenvalue weighted by atomic mass is 35.5. The van der Waals surface area contributed by atoms with Crippen molar-refractivity contribution in [2.45, 2.75) is 0 Å². The number of aromatic nitrogens is 1. The lowest BCUT2D eigenvalue weighted by Gasteiger charge is -2.18. The van der Waals surface area contributed by atoms with E-state index in [-0.39, 0.29) is 21.2 Å². The summed E-state index contributed by atoms with van der Waals surface area (Å²) in [7, 11) is 0. The predicted octanol–water partition coefficient (Wildman–Crippen LogP) is 9.87. The lowest BCUT2D eigenvalue weighted by molar-refractivity contribution is 1.16. The maximum Gasteiger partial charge on any atom is 0.103 e. The molecule has 2 aromatic heterocycles. The van der Waals surface area contributed by atoms with E-state index in [0.29, 0.717) is 11.3 Å². The number of benzene rings is 5. The first kappa shape index (κ1) is 22.8. The summed E-state index contributed by atoms with van der Waals surface area (Å²) in [5.74, 6) is 0. The Labute approximate surface area is 231 Å². The van der Waals surface area contributed by atoms with Gasteiger partial charge in [-0.2, -0.15) is 10.5 Å². The third kappa shape index (κ3) is 3.13. The minimum absolute atomic E-state index is 0.212. The van der Waals surface area contributed by atoms with Gasteiger partial charge in [0, 0.05) is 36.5 Å². The number of nitrogens with zero attached hydrogens (tertiary/aromatic N) is 3. The fourth-order valence-corrected chi connectivity index (χ4v) is 7.21. The van der Waals surface area contributed by atoms with E-state index in [2.05, 4.69) is 24.3 Å². The zero-order chi connectivity index (χ0) is 26.0. The average Bonchev–Trinajstić information content (AvgIpc) is 3.48. The van der Waals surface area contributed by atoms with Crippen LogP contribution in [0.4, 0.5) is 0 Å². The number of fused-ring (bicyclic) bond motifs is 6. The molecule has 6 heteroatoms. The normalized spacial score (nSPS) is 11.4. The summed E-state index contributed by atoms with van der Waals surface area (Å²) in [5, 5.41) is 25.5. The molecule has 7 rings (SSSR count). The number of para-hydroxylation sites is 2. The SMILES string of the molecule is N#Cc1c(Cl)c(-c2ccc3sc4ccccc4c3c2)c(Cl)c(C#N)c1-n1c2ccccc2c2ccccc21. The molecule has 0 fully saturated rings. The first-order valence-corrected chi connectivity index (χ1v) is 13.4. The molecule has 178 valence electrons. The van der Waals surface area contributed by atoms with Crippen LogP contribution in [0.15, 0.2) is 91.0 Å². The van der Waals surface area contributed by atoms with Crippen LogP contribution in [0.5, 0.6) is 0 Å². The Hall–Kier alpha value is -4.32. The molecule has 7 aromatic rings. The van der Waals surface area contributed by atoms with Gasteiger partial charge in [-0.15, -0.1) is 11.3 Å². The Kier molecular flexibility index (Phi) is 5.18. The minimum Gasteiger partial charge on any atom is -0.307 e. The molecule has 0 saturated carbocycles. The molecule has 3 nitrogen and oxygen atoms in total. The average molecular weight is 544 g/mol. The van der Waals surface area contributed by atoms with Gasteiger partial charge in [0.2, 0.25) is 0 Å². The second kappa shape index (κ2) is 8.62. The van der Waals surface area contributed by atoms with E-state index in [4.69, 9.17) is 23.2 Å². The second-order valence-corrected chi connectivity index (χ2v) is 10.8. The molecule has 0 spiro atoms. The number of rotatable bonds is 2. The molecule has 0 amide bonds. The van der Waals surface area contributed by atoms with Gasteiger partial charge in [-0.3, -0.25) is 0 Å². The van der Waals surface area contributed by atoms with Crippen molar-refractivity contribution in [3.05, 3.63) is 112 Å². The number of nitriles is 2. The van der Waals surface area contributed by atoms with Crippen molar-refractivity contribution in [1.29, 1.82) is 10.5 Å². The van der Waals surface area contributed by atoms with Gasteiger partial charge in [-0.25, -0.2) is 0 Å². The molecular weight excluding hydrogens is 529 g/mol. The van der Waals surface area contributed by atoms with Crippen LogP contribution >= 0.6 is 34.5 Å². The van der Waals surface area contributed by atoms with E-state index in [1.807, 2.05) is 83.4 Å². The lowest BCUT2D eigenvalue weighted by Crippen LogP contribution is -2.04. The van der Waals surface area contributed by atoms with Gasteiger partial charge in [0.25, 0.3) is 0 Å². The van der Waals surface area contributed by atoms with E-state index >= 15 is 0 Å². The molecule has 0 radical (unpaired) electrons. The molecule has 5 aromatic carbocycles. The van der Waals surface area contributed by atoms with Crippen LogP contribution < -0.4 is 0 Å². The summed E-state index contributed by atoms with van der Waals surface area (Å²) in [6.45, 7) is 0. The number of halogens is 2. The highest BCUT2D eigenvalue weighted by molar-refractivity contribution is 7.25. The Balaban J connectivity index is 1.59. The van der Waals surface area contributed by atoms with Gasteiger partial charge in [0.1, 0.15) is 12.1 Å². The fourth-order valence-electron chi connectivity index (χ4n) is 5.41. The second-order valence-electron chi connectivity index (χ2n) is 9.00. The molecule has 0 bridgehead atoms. The highest BCUT2D eigenvalue weighted by Crippen LogP contribution is 2.46. The summed E-state index contributed by atoms with van der Waals surface area (Å²) >= 11 is 15.8. The van der Waals surface area contributed by atoms with Crippen molar-refractivity contribution in [3.8, 4) is 29.0 Å². The van der Waals surface area contributed by atoms with Crippen molar-refractivity contribution < 1.29 is 0 Å². The Bertz CT molecular complexity index is 2100. The summed E-state index contributed by atoms with van der Waals surface area (Å²) in [4.78, 5) is 0.